The molecule has 1 amide bonds. The second-order valence-electron chi connectivity index (χ2n) is 6.41. The Labute approximate surface area is 152 Å². The van der Waals surface area contributed by atoms with Crippen LogP contribution in [0.2, 0.25) is 5.02 Å². The van der Waals surface area contributed by atoms with Crippen molar-refractivity contribution in [1.82, 2.24) is 5.32 Å². The molecule has 0 aliphatic heterocycles. The lowest BCUT2D eigenvalue weighted by Gasteiger charge is -2.17. The topological polar surface area (TPSA) is 66.4 Å². The molecule has 0 aliphatic rings. The fraction of sp³-hybridized carbons (Fsp3) is 0.300. The number of carbonyl (C=O) groups is 2. The van der Waals surface area contributed by atoms with E-state index in [0.29, 0.717) is 22.1 Å². The van der Waals surface area contributed by atoms with Crippen LogP contribution in [0.5, 0.6) is 0 Å². The normalized spacial score (nSPS) is 12.0. The Balaban J connectivity index is 2.19. The molecule has 0 bridgehead atoms. The van der Waals surface area contributed by atoms with E-state index in [4.69, 9.17) is 11.6 Å². The summed E-state index contributed by atoms with van der Waals surface area (Å²) in [6.07, 6.45) is 0.888. The van der Waals surface area contributed by atoms with Gasteiger partial charge in [0.2, 0.25) is 0 Å². The Morgan fingerprint density at radius 2 is 1.60 bits per heavy atom. The molecule has 0 saturated heterocycles. The Kier molecular flexibility index (Phi) is 6.59. The van der Waals surface area contributed by atoms with Gasteiger partial charge in [-0.05, 0) is 35.6 Å². The van der Waals surface area contributed by atoms with Crippen molar-refractivity contribution in [2.24, 2.45) is 5.92 Å². The average Bonchev–Trinajstić information content (AvgIpc) is 2.55. The molecule has 5 heteroatoms. The van der Waals surface area contributed by atoms with Gasteiger partial charge in [0, 0.05) is 17.0 Å². The smallest absolute Gasteiger partial charge is 0.326 e. The van der Waals surface area contributed by atoms with Gasteiger partial charge < -0.3 is 10.4 Å². The molecular formula is C20H22ClNO3. The largest absolute Gasteiger partial charge is 0.480 e. The summed E-state index contributed by atoms with van der Waals surface area (Å²) < 4.78 is 0. The summed E-state index contributed by atoms with van der Waals surface area (Å²) in [5.41, 5.74) is 2.12. The highest BCUT2D eigenvalue weighted by Gasteiger charge is 2.23. The molecule has 0 radical (unpaired) electrons. The van der Waals surface area contributed by atoms with Crippen LogP contribution in [0.4, 0.5) is 0 Å². The van der Waals surface area contributed by atoms with Crippen molar-refractivity contribution in [3.05, 3.63) is 70.2 Å². The Bertz CT molecular complexity index is 758. The minimum Gasteiger partial charge on any atom is -0.480 e. The summed E-state index contributed by atoms with van der Waals surface area (Å²) >= 11 is 6.10. The molecule has 2 aromatic rings. The number of benzene rings is 2. The lowest BCUT2D eigenvalue weighted by atomic mass is 9.97. The van der Waals surface area contributed by atoms with Crippen LogP contribution in [-0.2, 0) is 17.6 Å². The molecule has 0 fully saturated rings. The van der Waals surface area contributed by atoms with Crippen molar-refractivity contribution in [2.45, 2.75) is 32.7 Å². The molecule has 0 spiro atoms. The number of carbonyl (C=O) groups excluding carboxylic acids is 1. The number of hydrogen-bond donors (Lipinski definition) is 2. The summed E-state index contributed by atoms with van der Waals surface area (Å²) in [7, 11) is 0. The van der Waals surface area contributed by atoms with Crippen LogP contribution in [0.1, 0.15) is 35.3 Å². The maximum atomic E-state index is 12.6. The zero-order valence-electron chi connectivity index (χ0n) is 14.3. The fourth-order valence-corrected chi connectivity index (χ4v) is 2.89. The summed E-state index contributed by atoms with van der Waals surface area (Å²) in [6.45, 7) is 4.15. The van der Waals surface area contributed by atoms with Gasteiger partial charge in [-0.25, -0.2) is 4.79 Å². The number of rotatable bonds is 7. The number of carboxylic acids is 1. The number of hydrogen-bond acceptors (Lipinski definition) is 2. The van der Waals surface area contributed by atoms with E-state index in [0.717, 1.165) is 12.0 Å². The van der Waals surface area contributed by atoms with E-state index < -0.39 is 12.0 Å². The summed E-state index contributed by atoms with van der Waals surface area (Å²) in [4.78, 5) is 24.2. The fourth-order valence-electron chi connectivity index (χ4n) is 2.68. The average molecular weight is 360 g/mol. The third-order valence-corrected chi connectivity index (χ3v) is 4.24. The SMILES string of the molecule is CC(C)Cc1ccccc1C(=O)NC(Cc1ccccc1Cl)C(=O)O. The number of halogens is 1. The van der Waals surface area contributed by atoms with E-state index >= 15 is 0 Å². The highest BCUT2D eigenvalue weighted by Crippen LogP contribution is 2.18. The molecule has 1 unspecified atom stereocenters. The summed E-state index contributed by atoms with van der Waals surface area (Å²) in [5, 5.41) is 12.6. The van der Waals surface area contributed by atoms with E-state index in [1.54, 1.807) is 36.4 Å². The lowest BCUT2D eigenvalue weighted by molar-refractivity contribution is -0.139. The van der Waals surface area contributed by atoms with Gasteiger partial charge >= 0.3 is 5.97 Å². The lowest BCUT2D eigenvalue weighted by Crippen LogP contribution is -2.42. The summed E-state index contributed by atoms with van der Waals surface area (Å²) in [5.74, 6) is -1.07. The molecule has 0 aliphatic carbocycles. The van der Waals surface area contributed by atoms with E-state index in [1.807, 2.05) is 12.1 Å². The van der Waals surface area contributed by atoms with Crippen LogP contribution in [0.3, 0.4) is 0 Å². The minimum atomic E-state index is -1.09. The van der Waals surface area contributed by atoms with Crippen LogP contribution in [0, 0.1) is 5.92 Å². The maximum Gasteiger partial charge on any atom is 0.326 e. The van der Waals surface area contributed by atoms with Crippen molar-refractivity contribution in [3.8, 4) is 0 Å². The molecule has 0 aromatic heterocycles. The van der Waals surface area contributed by atoms with Gasteiger partial charge in [0.25, 0.3) is 5.91 Å². The first-order valence-electron chi connectivity index (χ1n) is 8.23. The van der Waals surface area contributed by atoms with E-state index in [9.17, 15) is 14.7 Å². The second-order valence-corrected chi connectivity index (χ2v) is 6.82. The van der Waals surface area contributed by atoms with E-state index in [1.165, 1.54) is 0 Å². The molecule has 2 rings (SSSR count). The summed E-state index contributed by atoms with van der Waals surface area (Å²) in [6, 6.07) is 13.3. The number of nitrogens with one attached hydrogen (secondary N) is 1. The van der Waals surface area contributed by atoms with Crippen LogP contribution < -0.4 is 5.32 Å². The first-order valence-corrected chi connectivity index (χ1v) is 8.61. The quantitative estimate of drug-likeness (QED) is 0.786. The number of amides is 1. The van der Waals surface area contributed by atoms with Gasteiger partial charge in [0.15, 0.2) is 0 Å². The molecule has 132 valence electrons. The predicted molar refractivity (Wildman–Crippen MR) is 99.0 cm³/mol. The molecule has 1 atom stereocenters. The van der Waals surface area contributed by atoms with Crippen molar-refractivity contribution in [3.63, 3.8) is 0 Å². The van der Waals surface area contributed by atoms with Gasteiger partial charge in [0.1, 0.15) is 6.04 Å². The van der Waals surface area contributed by atoms with E-state index in [-0.39, 0.29) is 12.3 Å². The van der Waals surface area contributed by atoms with Gasteiger partial charge in [-0.2, -0.15) is 0 Å². The Morgan fingerprint density at radius 3 is 2.20 bits per heavy atom. The van der Waals surface area contributed by atoms with Gasteiger partial charge in [-0.1, -0.05) is 61.8 Å². The molecule has 2 aromatic carbocycles. The van der Waals surface area contributed by atoms with Crippen molar-refractivity contribution in [1.29, 1.82) is 0 Å². The van der Waals surface area contributed by atoms with Crippen molar-refractivity contribution < 1.29 is 14.7 Å². The van der Waals surface area contributed by atoms with E-state index in [2.05, 4.69) is 19.2 Å². The Morgan fingerprint density at radius 1 is 1.00 bits per heavy atom. The molecule has 25 heavy (non-hydrogen) atoms. The molecule has 0 heterocycles. The first-order chi connectivity index (χ1) is 11.9. The highest BCUT2D eigenvalue weighted by molar-refractivity contribution is 6.31. The van der Waals surface area contributed by atoms with Gasteiger partial charge in [-0.15, -0.1) is 0 Å². The number of carboxylic acid groups (broad SMARTS) is 1. The zero-order valence-corrected chi connectivity index (χ0v) is 15.1. The van der Waals surface area contributed by atoms with Gasteiger partial charge in [-0.3, -0.25) is 4.79 Å². The minimum absolute atomic E-state index is 0.132. The molecule has 0 saturated carbocycles. The monoisotopic (exact) mass is 359 g/mol. The van der Waals surface area contributed by atoms with Crippen molar-refractivity contribution >= 4 is 23.5 Å². The maximum absolute atomic E-state index is 12.6. The number of aliphatic carboxylic acids is 1. The van der Waals surface area contributed by atoms with Gasteiger partial charge in [0.05, 0.1) is 0 Å². The van der Waals surface area contributed by atoms with Crippen LogP contribution in [0.15, 0.2) is 48.5 Å². The van der Waals surface area contributed by atoms with Crippen molar-refractivity contribution in [2.75, 3.05) is 0 Å². The van der Waals surface area contributed by atoms with Crippen LogP contribution >= 0.6 is 11.6 Å². The molecular weight excluding hydrogens is 338 g/mol. The third-order valence-electron chi connectivity index (χ3n) is 3.88. The predicted octanol–water partition coefficient (Wildman–Crippen LogP) is 3.96. The molecule has 4 nitrogen and oxygen atoms in total. The van der Waals surface area contributed by atoms with Crippen LogP contribution in [-0.4, -0.2) is 23.0 Å². The highest BCUT2D eigenvalue weighted by atomic mass is 35.5. The Hall–Kier alpha value is -2.33. The second kappa shape index (κ2) is 8.67. The first kappa shape index (κ1) is 19.0. The van der Waals surface area contributed by atoms with Crippen LogP contribution in [0.25, 0.3) is 0 Å². The molecule has 2 N–H and O–H groups in total. The zero-order chi connectivity index (χ0) is 18.4. The standard InChI is InChI=1S/C20H22ClNO3/c1-13(2)11-14-7-3-5-9-16(14)19(23)22-18(20(24)25)12-15-8-4-6-10-17(15)21/h3-10,13,18H,11-12H2,1-2H3,(H,22,23)(H,24,25). The third kappa shape index (κ3) is 5.33.